The number of halogens is 1. The number of para-hydroxylation sites is 2. The smallest absolute Gasteiger partial charge is 0.259 e. The second-order valence-corrected chi connectivity index (χ2v) is 9.31. The van der Waals surface area contributed by atoms with Gasteiger partial charge in [-0.1, -0.05) is 48.5 Å². The zero-order valence-electron chi connectivity index (χ0n) is 20.3. The van der Waals surface area contributed by atoms with E-state index in [1.807, 2.05) is 54.6 Å². The van der Waals surface area contributed by atoms with Crippen LogP contribution in [0.4, 0.5) is 15.8 Å². The van der Waals surface area contributed by atoms with Gasteiger partial charge in [-0.3, -0.25) is 19.4 Å². The molecule has 0 aromatic heterocycles. The van der Waals surface area contributed by atoms with E-state index in [2.05, 4.69) is 15.1 Å². The van der Waals surface area contributed by atoms with Crippen LogP contribution in [0.3, 0.4) is 0 Å². The van der Waals surface area contributed by atoms with E-state index >= 15 is 0 Å². The molecule has 0 radical (unpaired) electrons. The van der Waals surface area contributed by atoms with Crippen LogP contribution in [-0.2, 0) is 11.2 Å². The molecule has 0 saturated carbocycles. The Kier molecular flexibility index (Phi) is 7.28. The molecule has 2 aliphatic heterocycles. The van der Waals surface area contributed by atoms with Crippen molar-refractivity contribution in [2.24, 2.45) is 0 Å². The van der Waals surface area contributed by atoms with E-state index in [0.717, 1.165) is 50.4 Å². The highest BCUT2D eigenvalue weighted by Gasteiger charge is 2.38. The molecule has 0 spiro atoms. The third kappa shape index (κ3) is 5.11. The average Bonchev–Trinajstić information content (AvgIpc) is 3.31. The second kappa shape index (κ2) is 10.9. The van der Waals surface area contributed by atoms with Gasteiger partial charge < -0.3 is 10.2 Å². The lowest BCUT2D eigenvalue weighted by Gasteiger charge is -2.36. The van der Waals surface area contributed by atoms with Gasteiger partial charge in [-0.05, 0) is 48.9 Å². The number of hydrogen-bond donors (Lipinski definition) is 1. The number of piperazine rings is 1. The fourth-order valence-corrected chi connectivity index (χ4v) is 5.12. The monoisotopic (exact) mass is 486 g/mol. The summed E-state index contributed by atoms with van der Waals surface area (Å²) in [6.45, 7) is 4.70. The molecule has 1 N–H and O–H groups in total. The number of fused-ring (bicyclic) bond motifs is 1. The number of carbonyl (C=O) groups excluding carboxylic acids is 2. The van der Waals surface area contributed by atoms with E-state index < -0.39 is 6.04 Å². The number of nitrogens with zero attached hydrogens (tertiary/aromatic N) is 3. The zero-order valence-corrected chi connectivity index (χ0v) is 20.3. The van der Waals surface area contributed by atoms with Crippen LogP contribution in [0.1, 0.15) is 22.3 Å². The lowest BCUT2D eigenvalue weighted by Crippen LogP contribution is -2.49. The summed E-state index contributed by atoms with van der Waals surface area (Å²) < 4.78 is 14.1. The van der Waals surface area contributed by atoms with Crippen LogP contribution >= 0.6 is 0 Å². The molecule has 2 amide bonds. The zero-order chi connectivity index (χ0) is 24.9. The molecule has 2 aliphatic rings. The van der Waals surface area contributed by atoms with E-state index in [0.29, 0.717) is 24.2 Å². The van der Waals surface area contributed by atoms with Gasteiger partial charge in [0.2, 0.25) is 5.91 Å². The highest BCUT2D eigenvalue weighted by molar-refractivity contribution is 6.11. The molecule has 0 unspecified atom stereocenters. The summed E-state index contributed by atoms with van der Waals surface area (Å²) in [6, 6.07) is 23.2. The molecule has 7 heteroatoms. The summed E-state index contributed by atoms with van der Waals surface area (Å²) in [6.07, 6.45) is 1.33. The fourth-order valence-electron chi connectivity index (χ4n) is 5.12. The van der Waals surface area contributed by atoms with E-state index in [4.69, 9.17) is 0 Å². The molecule has 2 heterocycles. The van der Waals surface area contributed by atoms with Crippen LogP contribution in [0.2, 0.25) is 0 Å². The summed E-state index contributed by atoms with van der Waals surface area (Å²) in [7, 11) is 0. The predicted octanol–water partition coefficient (Wildman–Crippen LogP) is 3.73. The third-order valence-electron chi connectivity index (χ3n) is 7.03. The van der Waals surface area contributed by atoms with Crippen molar-refractivity contribution in [3.05, 3.63) is 95.8 Å². The molecule has 5 rings (SSSR count). The Balaban J connectivity index is 1.13. The first-order valence-corrected chi connectivity index (χ1v) is 12.6. The van der Waals surface area contributed by atoms with Crippen molar-refractivity contribution < 1.29 is 14.0 Å². The number of rotatable bonds is 7. The molecular formula is C29H31FN4O2. The summed E-state index contributed by atoms with van der Waals surface area (Å²) in [5, 5.41) is 3.06. The van der Waals surface area contributed by atoms with Gasteiger partial charge in [-0.25, -0.2) is 4.39 Å². The molecule has 1 saturated heterocycles. The number of anilines is 2. The van der Waals surface area contributed by atoms with Gasteiger partial charge in [0.25, 0.3) is 5.91 Å². The van der Waals surface area contributed by atoms with Crippen LogP contribution in [0.5, 0.6) is 0 Å². The number of hydrogen-bond acceptors (Lipinski definition) is 4. The topological polar surface area (TPSA) is 55.9 Å². The molecule has 1 fully saturated rings. The van der Waals surface area contributed by atoms with Gasteiger partial charge in [0.1, 0.15) is 11.9 Å². The first kappa shape index (κ1) is 24.0. The highest BCUT2D eigenvalue weighted by Crippen LogP contribution is 2.33. The maximum atomic E-state index is 14.1. The summed E-state index contributed by atoms with van der Waals surface area (Å²) >= 11 is 0. The van der Waals surface area contributed by atoms with Crippen molar-refractivity contribution in [1.29, 1.82) is 0 Å². The Hall–Kier alpha value is -3.71. The summed E-state index contributed by atoms with van der Waals surface area (Å²) in [5.74, 6) is -0.462. The first-order valence-electron chi connectivity index (χ1n) is 12.6. The number of amides is 2. The molecular weight excluding hydrogens is 455 g/mol. The Morgan fingerprint density at radius 3 is 2.25 bits per heavy atom. The Bertz CT molecular complexity index is 1210. The molecule has 3 aromatic carbocycles. The molecule has 1 atom stereocenters. The maximum absolute atomic E-state index is 14.1. The Labute approximate surface area is 211 Å². The summed E-state index contributed by atoms with van der Waals surface area (Å²) in [5.41, 5.74) is 3.05. The minimum atomic E-state index is -0.556. The minimum Gasteiger partial charge on any atom is -0.367 e. The maximum Gasteiger partial charge on any atom is 0.259 e. The van der Waals surface area contributed by atoms with Gasteiger partial charge in [-0.15, -0.1) is 0 Å². The SMILES string of the molecule is O=C(NCCCN1CCN(c2ccccc2F)CC1)[C@H]1Cc2ccccc2N1C(=O)c1ccccc1. The number of benzene rings is 3. The lowest BCUT2D eigenvalue weighted by atomic mass is 10.1. The predicted molar refractivity (Wildman–Crippen MR) is 140 cm³/mol. The largest absolute Gasteiger partial charge is 0.367 e. The van der Waals surface area contributed by atoms with Crippen LogP contribution in [-0.4, -0.2) is 62.0 Å². The van der Waals surface area contributed by atoms with Crippen molar-refractivity contribution in [3.63, 3.8) is 0 Å². The fraction of sp³-hybridized carbons (Fsp3) is 0.310. The number of nitrogens with one attached hydrogen (secondary N) is 1. The van der Waals surface area contributed by atoms with Crippen molar-refractivity contribution in [2.45, 2.75) is 18.9 Å². The van der Waals surface area contributed by atoms with E-state index in [-0.39, 0.29) is 17.6 Å². The van der Waals surface area contributed by atoms with E-state index in [9.17, 15) is 14.0 Å². The van der Waals surface area contributed by atoms with Crippen molar-refractivity contribution in [3.8, 4) is 0 Å². The Morgan fingerprint density at radius 2 is 1.50 bits per heavy atom. The molecule has 0 bridgehead atoms. The second-order valence-electron chi connectivity index (χ2n) is 9.31. The molecule has 3 aromatic rings. The van der Waals surface area contributed by atoms with Gasteiger partial charge in [0.15, 0.2) is 0 Å². The van der Waals surface area contributed by atoms with Gasteiger partial charge in [0, 0.05) is 50.4 Å². The quantitative estimate of drug-likeness (QED) is 0.517. The first-order chi connectivity index (χ1) is 17.6. The van der Waals surface area contributed by atoms with E-state index in [1.54, 1.807) is 23.1 Å². The van der Waals surface area contributed by atoms with Crippen LogP contribution in [0.15, 0.2) is 78.9 Å². The standard InChI is InChI=1S/C29H31FN4O2/c30-24-12-5-7-14-26(24)33-19-17-32(18-20-33)16-8-15-31-28(35)27-21-23-11-4-6-13-25(23)34(27)29(36)22-9-2-1-3-10-22/h1-7,9-14,27H,8,15-21H2,(H,31,35)/t27-/m1/s1. The highest BCUT2D eigenvalue weighted by atomic mass is 19.1. The minimum absolute atomic E-state index is 0.125. The van der Waals surface area contributed by atoms with Crippen molar-refractivity contribution >= 4 is 23.2 Å². The molecule has 0 aliphatic carbocycles. The van der Waals surface area contributed by atoms with Crippen LogP contribution in [0, 0.1) is 5.82 Å². The molecule has 186 valence electrons. The van der Waals surface area contributed by atoms with Crippen molar-refractivity contribution in [1.82, 2.24) is 10.2 Å². The van der Waals surface area contributed by atoms with Crippen LogP contribution < -0.4 is 15.1 Å². The molecule has 6 nitrogen and oxygen atoms in total. The van der Waals surface area contributed by atoms with Crippen LogP contribution in [0.25, 0.3) is 0 Å². The van der Waals surface area contributed by atoms with Gasteiger partial charge in [0.05, 0.1) is 5.69 Å². The third-order valence-corrected chi connectivity index (χ3v) is 7.03. The molecule has 36 heavy (non-hydrogen) atoms. The Morgan fingerprint density at radius 1 is 0.833 bits per heavy atom. The van der Waals surface area contributed by atoms with Gasteiger partial charge >= 0.3 is 0 Å². The number of carbonyl (C=O) groups is 2. The lowest BCUT2D eigenvalue weighted by molar-refractivity contribution is -0.122. The van der Waals surface area contributed by atoms with Gasteiger partial charge in [-0.2, -0.15) is 0 Å². The summed E-state index contributed by atoms with van der Waals surface area (Å²) in [4.78, 5) is 32.6. The average molecular weight is 487 g/mol. The van der Waals surface area contributed by atoms with Crippen molar-refractivity contribution in [2.75, 3.05) is 49.1 Å². The normalized spacial score (nSPS) is 17.6. The van der Waals surface area contributed by atoms with E-state index in [1.165, 1.54) is 6.07 Å².